The smallest absolute Gasteiger partial charge is 0.335 e. The van der Waals surface area contributed by atoms with Crippen molar-refractivity contribution >= 4 is 11.7 Å². The zero-order valence-electron chi connectivity index (χ0n) is 6.14. The lowest BCUT2D eigenvalue weighted by molar-refractivity contribution is -0.138. The third kappa shape index (κ3) is 0.887. The number of fused-ring (bicyclic) bond motifs is 1. The van der Waals surface area contributed by atoms with Gasteiger partial charge in [-0.1, -0.05) is 18.2 Å². The van der Waals surface area contributed by atoms with Crippen LogP contribution in [0.15, 0.2) is 34.5 Å². The number of rotatable bonds is 1. The van der Waals surface area contributed by atoms with E-state index < -0.39 is 12.0 Å². The highest BCUT2D eigenvalue weighted by atomic mass is 16.4. The maximum atomic E-state index is 10.6. The van der Waals surface area contributed by atoms with Gasteiger partial charge in [-0.2, -0.15) is 10.2 Å². The fourth-order valence-electron chi connectivity index (χ4n) is 1.17. The van der Waals surface area contributed by atoms with E-state index in [4.69, 9.17) is 5.11 Å². The van der Waals surface area contributed by atoms with Gasteiger partial charge in [-0.15, -0.1) is 0 Å². The SMILES string of the molecule is O=C(O)C1N=Nc2ccccc21. The number of benzene rings is 1. The Morgan fingerprint density at radius 1 is 1.42 bits per heavy atom. The number of hydrogen-bond acceptors (Lipinski definition) is 3. The summed E-state index contributed by atoms with van der Waals surface area (Å²) < 4.78 is 0. The van der Waals surface area contributed by atoms with Crippen LogP contribution in [0.5, 0.6) is 0 Å². The van der Waals surface area contributed by atoms with Crippen LogP contribution in [-0.2, 0) is 4.79 Å². The van der Waals surface area contributed by atoms with E-state index in [0.717, 1.165) is 0 Å². The summed E-state index contributed by atoms with van der Waals surface area (Å²) >= 11 is 0. The van der Waals surface area contributed by atoms with Crippen molar-refractivity contribution in [3.05, 3.63) is 29.8 Å². The highest BCUT2D eigenvalue weighted by Crippen LogP contribution is 2.34. The van der Waals surface area contributed by atoms with Crippen LogP contribution in [0.2, 0.25) is 0 Å². The molecule has 12 heavy (non-hydrogen) atoms. The Kier molecular flexibility index (Phi) is 1.40. The third-order valence-electron chi connectivity index (χ3n) is 1.75. The van der Waals surface area contributed by atoms with E-state index in [0.29, 0.717) is 11.3 Å². The molecule has 0 amide bonds. The lowest BCUT2D eigenvalue weighted by atomic mass is 10.1. The molecule has 0 bridgehead atoms. The molecule has 0 spiro atoms. The molecule has 60 valence electrons. The standard InChI is InChI=1S/C8H6N2O2/c11-8(12)7-5-3-1-2-4-6(5)9-10-7/h1-4,7H,(H,11,12). The van der Waals surface area contributed by atoms with E-state index in [1.807, 2.05) is 6.07 Å². The summed E-state index contributed by atoms with van der Waals surface area (Å²) in [5.74, 6) is -0.955. The zero-order chi connectivity index (χ0) is 8.55. The van der Waals surface area contributed by atoms with Gasteiger partial charge in [0.05, 0.1) is 5.69 Å². The average Bonchev–Trinajstić information content (AvgIpc) is 2.47. The third-order valence-corrected chi connectivity index (χ3v) is 1.75. The van der Waals surface area contributed by atoms with Crippen molar-refractivity contribution in [1.82, 2.24) is 0 Å². The highest BCUT2D eigenvalue weighted by Gasteiger charge is 2.26. The van der Waals surface area contributed by atoms with Crippen LogP contribution in [-0.4, -0.2) is 11.1 Å². The molecule has 2 rings (SSSR count). The van der Waals surface area contributed by atoms with Crippen LogP contribution in [0.3, 0.4) is 0 Å². The van der Waals surface area contributed by atoms with Gasteiger partial charge >= 0.3 is 5.97 Å². The largest absolute Gasteiger partial charge is 0.479 e. The van der Waals surface area contributed by atoms with Crippen molar-refractivity contribution in [2.24, 2.45) is 10.2 Å². The molecule has 1 aromatic carbocycles. The number of carboxylic acid groups (broad SMARTS) is 1. The lowest BCUT2D eigenvalue weighted by Gasteiger charge is -1.99. The van der Waals surface area contributed by atoms with Crippen molar-refractivity contribution in [2.75, 3.05) is 0 Å². The first-order valence-corrected chi connectivity index (χ1v) is 3.51. The van der Waals surface area contributed by atoms with Gasteiger partial charge < -0.3 is 5.11 Å². The van der Waals surface area contributed by atoms with Crippen LogP contribution in [0.25, 0.3) is 0 Å². The molecule has 1 atom stereocenters. The van der Waals surface area contributed by atoms with Crippen molar-refractivity contribution in [3.8, 4) is 0 Å². The van der Waals surface area contributed by atoms with E-state index in [9.17, 15) is 4.79 Å². The van der Waals surface area contributed by atoms with Gasteiger partial charge in [0.1, 0.15) is 0 Å². The number of aliphatic carboxylic acids is 1. The molecular formula is C8H6N2O2. The van der Waals surface area contributed by atoms with Crippen LogP contribution >= 0.6 is 0 Å². The molecule has 0 aliphatic carbocycles. The van der Waals surface area contributed by atoms with Crippen LogP contribution in [0.1, 0.15) is 11.6 Å². The van der Waals surface area contributed by atoms with Gasteiger partial charge in [-0.3, -0.25) is 0 Å². The number of hydrogen-bond donors (Lipinski definition) is 1. The van der Waals surface area contributed by atoms with Crippen LogP contribution in [0.4, 0.5) is 5.69 Å². The van der Waals surface area contributed by atoms with E-state index in [2.05, 4.69) is 10.2 Å². The lowest BCUT2D eigenvalue weighted by Crippen LogP contribution is -2.05. The second kappa shape index (κ2) is 2.41. The van der Waals surface area contributed by atoms with Crippen molar-refractivity contribution < 1.29 is 9.90 Å². The number of nitrogens with zero attached hydrogens (tertiary/aromatic N) is 2. The second-order valence-corrected chi connectivity index (χ2v) is 2.52. The van der Waals surface area contributed by atoms with E-state index >= 15 is 0 Å². The average molecular weight is 162 g/mol. The highest BCUT2D eigenvalue weighted by molar-refractivity contribution is 5.79. The predicted molar refractivity (Wildman–Crippen MR) is 41.3 cm³/mol. The fraction of sp³-hybridized carbons (Fsp3) is 0.125. The normalized spacial score (nSPS) is 19.2. The first kappa shape index (κ1) is 6.97. The summed E-state index contributed by atoms with van der Waals surface area (Å²) in [4.78, 5) is 10.6. The van der Waals surface area contributed by atoms with Crippen molar-refractivity contribution in [2.45, 2.75) is 6.04 Å². The molecule has 4 nitrogen and oxygen atoms in total. The van der Waals surface area contributed by atoms with E-state index in [1.54, 1.807) is 18.2 Å². The molecular weight excluding hydrogens is 156 g/mol. The summed E-state index contributed by atoms with van der Waals surface area (Å²) in [6.07, 6.45) is 0. The van der Waals surface area contributed by atoms with Gasteiger partial charge in [-0.25, -0.2) is 4.79 Å². The Morgan fingerprint density at radius 3 is 2.92 bits per heavy atom. The zero-order valence-corrected chi connectivity index (χ0v) is 6.14. The summed E-state index contributed by atoms with van der Waals surface area (Å²) in [7, 11) is 0. The molecule has 0 saturated heterocycles. The molecule has 0 radical (unpaired) electrons. The second-order valence-electron chi connectivity index (χ2n) is 2.52. The molecule has 1 aliphatic heterocycles. The Bertz CT molecular complexity index is 360. The minimum atomic E-state index is -0.955. The van der Waals surface area contributed by atoms with Crippen molar-refractivity contribution in [3.63, 3.8) is 0 Å². The Balaban J connectivity index is 2.49. The fourth-order valence-corrected chi connectivity index (χ4v) is 1.17. The topological polar surface area (TPSA) is 62.0 Å². The van der Waals surface area contributed by atoms with Crippen molar-refractivity contribution in [1.29, 1.82) is 0 Å². The number of carbonyl (C=O) groups is 1. The summed E-state index contributed by atoms with van der Waals surface area (Å²) in [5.41, 5.74) is 1.33. The van der Waals surface area contributed by atoms with Gasteiger partial charge in [0.2, 0.25) is 0 Å². The molecule has 1 aliphatic rings. The first-order chi connectivity index (χ1) is 5.79. The molecule has 0 saturated carbocycles. The molecule has 1 heterocycles. The molecule has 0 fully saturated rings. The quantitative estimate of drug-likeness (QED) is 0.685. The molecule has 1 unspecified atom stereocenters. The molecule has 1 aromatic rings. The maximum Gasteiger partial charge on any atom is 0.335 e. The Hall–Kier alpha value is -1.71. The van der Waals surface area contributed by atoms with Gasteiger partial charge in [-0.05, 0) is 6.07 Å². The maximum absolute atomic E-state index is 10.6. The molecule has 0 aromatic heterocycles. The van der Waals surface area contributed by atoms with Gasteiger partial charge in [0.25, 0.3) is 0 Å². The summed E-state index contributed by atoms with van der Waals surface area (Å²) in [6, 6.07) is 6.27. The first-order valence-electron chi connectivity index (χ1n) is 3.51. The van der Waals surface area contributed by atoms with Gasteiger partial charge in [0, 0.05) is 5.56 Å². The predicted octanol–water partition coefficient (Wildman–Crippen LogP) is 1.91. The monoisotopic (exact) mass is 162 g/mol. The van der Waals surface area contributed by atoms with Crippen LogP contribution < -0.4 is 0 Å². The van der Waals surface area contributed by atoms with E-state index in [1.165, 1.54) is 0 Å². The number of azo groups is 1. The minimum Gasteiger partial charge on any atom is -0.479 e. The molecule has 1 N–H and O–H groups in total. The Labute approximate surface area is 68.6 Å². The minimum absolute atomic E-state index is 0.657. The summed E-state index contributed by atoms with van der Waals surface area (Å²) in [5, 5.41) is 16.1. The molecule has 4 heteroatoms. The van der Waals surface area contributed by atoms with E-state index in [-0.39, 0.29) is 0 Å². The Morgan fingerprint density at radius 2 is 2.17 bits per heavy atom. The van der Waals surface area contributed by atoms with Gasteiger partial charge in [0.15, 0.2) is 6.04 Å². The number of carboxylic acids is 1. The summed E-state index contributed by atoms with van der Waals surface area (Å²) in [6.45, 7) is 0. The van der Waals surface area contributed by atoms with Crippen LogP contribution in [0, 0.1) is 0 Å².